The van der Waals surface area contributed by atoms with Crippen LogP contribution in [0, 0.1) is 12.8 Å². The van der Waals surface area contributed by atoms with E-state index in [2.05, 4.69) is 19.0 Å². The molecular weight excluding hydrogens is 150 g/mol. The molecule has 1 heterocycles. The number of hydrogen-bond donors (Lipinski definition) is 0. The Kier molecular flexibility index (Phi) is 3.32. The van der Waals surface area contributed by atoms with Crippen molar-refractivity contribution in [2.24, 2.45) is 5.92 Å². The van der Waals surface area contributed by atoms with Gasteiger partial charge in [0.05, 0.1) is 5.69 Å². The van der Waals surface area contributed by atoms with Gasteiger partial charge in [0.2, 0.25) is 0 Å². The second-order valence-corrected chi connectivity index (χ2v) is 3.53. The molecule has 0 spiro atoms. The Morgan fingerprint density at radius 1 is 1.58 bits per heavy atom. The predicted octanol–water partition coefficient (Wildman–Crippen LogP) is 2.96. The first-order valence-electron chi connectivity index (χ1n) is 4.64. The summed E-state index contributed by atoms with van der Waals surface area (Å²) < 4.78 is 4.99. The summed E-state index contributed by atoms with van der Waals surface area (Å²) in [7, 11) is 0. The van der Waals surface area contributed by atoms with Gasteiger partial charge in [0, 0.05) is 6.07 Å². The zero-order valence-corrected chi connectivity index (χ0v) is 8.13. The molecule has 12 heavy (non-hydrogen) atoms. The van der Waals surface area contributed by atoms with Gasteiger partial charge in [-0.15, -0.1) is 0 Å². The lowest BCUT2D eigenvalue weighted by Crippen LogP contribution is -1.98. The van der Waals surface area contributed by atoms with Gasteiger partial charge in [0.1, 0.15) is 5.76 Å². The molecule has 1 aromatic rings. The Bertz CT molecular complexity index is 229. The van der Waals surface area contributed by atoms with Crippen molar-refractivity contribution in [1.82, 2.24) is 5.16 Å². The third kappa shape index (κ3) is 2.68. The molecule has 0 saturated carbocycles. The summed E-state index contributed by atoms with van der Waals surface area (Å²) in [6.45, 7) is 6.40. The monoisotopic (exact) mass is 167 g/mol. The van der Waals surface area contributed by atoms with Crippen molar-refractivity contribution in [1.29, 1.82) is 0 Å². The summed E-state index contributed by atoms with van der Waals surface area (Å²) in [4.78, 5) is 0. The Morgan fingerprint density at radius 2 is 2.33 bits per heavy atom. The number of aryl methyl sites for hydroxylation is 1. The van der Waals surface area contributed by atoms with E-state index in [1.165, 1.54) is 12.8 Å². The van der Waals surface area contributed by atoms with Crippen LogP contribution in [0.1, 0.15) is 38.1 Å². The minimum atomic E-state index is 0.722. The fraction of sp³-hybridized carbons (Fsp3) is 0.700. The lowest BCUT2D eigenvalue weighted by Gasteiger charge is -2.05. The SMILES string of the molecule is CCCC(C)Cc1cc(C)on1. The first-order chi connectivity index (χ1) is 5.72. The highest BCUT2D eigenvalue weighted by Crippen LogP contribution is 2.12. The van der Waals surface area contributed by atoms with Gasteiger partial charge in [-0.1, -0.05) is 31.8 Å². The molecule has 0 fully saturated rings. The first-order valence-corrected chi connectivity index (χ1v) is 4.64. The topological polar surface area (TPSA) is 26.0 Å². The number of aromatic nitrogens is 1. The van der Waals surface area contributed by atoms with Crippen LogP contribution in [0.5, 0.6) is 0 Å². The molecule has 1 unspecified atom stereocenters. The minimum absolute atomic E-state index is 0.722. The Labute approximate surface area is 74.0 Å². The smallest absolute Gasteiger partial charge is 0.133 e. The minimum Gasteiger partial charge on any atom is -0.361 e. The van der Waals surface area contributed by atoms with Crippen LogP contribution in [0.25, 0.3) is 0 Å². The highest BCUT2D eigenvalue weighted by Gasteiger charge is 2.05. The molecular formula is C10H17NO. The van der Waals surface area contributed by atoms with Crippen LogP contribution in [-0.2, 0) is 6.42 Å². The summed E-state index contributed by atoms with van der Waals surface area (Å²) in [6, 6.07) is 2.02. The van der Waals surface area contributed by atoms with E-state index >= 15 is 0 Å². The van der Waals surface area contributed by atoms with Crippen molar-refractivity contribution in [3.63, 3.8) is 0 Å². The lowest BCUT2D eigenvalue weighted by atomic mass is 10.0. The molecule has 1 aromatic heterocycles. The molecule has 0 aliphatic heterocycles. The van der Waals surface area contributed by atoms with Gasteiger partial charge in [-0.25, -0.2) is 0 Å². The van der Waals surface area contributed by atoms with E-state index in [0.717, 1.165) is 23.8 Å². The first kappa shape index (κ1) is 9.30. The second kappa shape index (κ2) is 4.29. The van der Waals surface area contributed by atoms with Crippen molar-refractivity contribution in [3.05, 3.63) is 17.5 Å². The fourth-order valence-corrected chi connectivity index (χ4v) is 1.47. The summed E-state index contributed by atoms with van der Waals surface area (Å²) in [6.07, 6.45) is 3.56. The quantitative estimate of drug-likeness (QED) is 0.689. The molecule has 1 atom stereocenters. The summed E-state index contributed by atoms with van der Waals surface area (Å²) in [5.74, 6) is 1.63. The maximum atomic E-state index is 4.99. The average Bonchev–Trinajstić information content (AvgIpc) is 2.36. The third-order valence-electron chi connectivity index (χ3n) is 2.02. The zero-order valence-electron chi connectivity index (χ0n) is 8.13. The van der Waals surface area contributed by atoms with E-state index in [-0.39, 0.29) is 0 Å². The lowest BCUT2D eigenvalue weighted by molar-refractivity contribution is 0.383. The number of nitrogens with zero attached hydrogens (tertiary/aromatic N) is 1. The van der Waals surface area contributed by atoms with Gasteiger partial charge in [-0.3, -0.25) is 0 Å². The van der Waals surface area contributed by atoms with Gasteiger partial charge in [0.25, 0.3) is 0 Å². The normalized spacial score (nSPS) is 13.2. The summed E-state index contributed by atoms with van der Waals surface area (Å²) in [5.41, 5.74) is 1.09. The molecule has 68 valence electrons. The molecule has 0 amide bonds. The van der Waals surface area contributed by atoms with E-state index in [1.54, 1.807) is 0 Å². The molecule has 0 bridgehead atoms. The highest BCUT2D eigenvalue weighted by atomic mass is 16.5. The van der Waals surface area contributed by atoms with E-state index in [4.69, 9.17) is 4.52 Å². The van der Waals surface area contributed by atoms with Gasteiger partial charge in [-0.05, 0) is 19.3 Å². The third-order valence-corrected chi connectivity index (χ3v) is 2.02. The van der Waals surface area contributed by atoms with E-state index in [9.17, 15) is 0 Å². The van der Waals surface area contributed by atoms with Crippen LogP contribution < -0.4 is 0 Å². The van der Waals surface area contributed by atoms with Crippen LogP contribution in [0.3, 0.4) is 0 Å². The zero-order chi connectivity index (χ0) is 8.97. The standard InChI is InChI=1S/C10H17NO/c1-4-5-8(2)6-10-7-9(3)12-11-10/h7-8H,4-6H2,1-3H3. The largest absolute Gasteiger partial charge is 0.361 e. The van der Waals surface area contributed by atoms with E-state index < -0.39 is 0 Å². The molecule has 2 heteroatoms. The molecule has 0 aliphatic carbocycles. The summed E-state index contributed by atoms with van der Waals surface area (Å²) >= 11 is 0. The second-order valence-electron chi connectivity index (χ2n) is 3.53. The van der Waals surface area contributed by atoms with E-state index in [1.807, 2.05) is 13.0 Å². The fourth-order valence-electron chi connectivity index (χ4n) is 1.47. The maximum absolute atomic E-state index is 4.99. The van der Waals surface area contributed by atoms with Crippen LogP contribution in [0.4, 0.5) is 0 Å². The van der Waals surface area contributed by atoms with Gasteiger partial charge < -0.3 is 4.52 Å². The van der Waals surface area contributed by atoms with Crippen molar-refractivity contribution in [3.8, 4) is 0 Å². The number of hydrogen-bond acceptors (Lipinski definition) is 2. The van der Waals surface area contributed by atoms with E-state index in [0.29, 0.717) is 0 Å². The number of rotatable bonds is 4. The molecule has 0 aliphatic rings. The molecule has 0 aromatic carbocycles. The van der Waals surface area contributed by atoms with Crippen molar-refractivity contribution < 1.29 is 4.52 Å². The molecule has 2 nitrogen and oxygen atoms in total. The Hall–Kier alpha value is -0.790. The highest BCUT2D eigenvalue weighted by molar-refractivity contribution is 5.03. The molecule has 0 radical (unpaired) electrons. The van der Waals surface area contributed by atoms with Crippen molar-refractivity contribution in [2.45, 2.75) is 40.0 Å². The Morgan fingerprint density at radius 3 is 2.83 bits per heavy atom. The molecule has 0 N–H and O–H groups in total. The maximum Gasteiger partial charge on any atom is 0.133 e. The van der Waals surface area contributed by atoms with Gasteiger partial charge in [0.15, 0.2) is 0 Å². The van der Waals surface area contributed by atoms with Crippen molar-refractivity contribution in [2.75, 3.05) is 0 Å². The Balaban J connectivity index is 2.41. The van der Waals surface area contributed by atoms with Crippen LogP contribution in [-0.4, -0.2) is 5.16 Å². The predicted molar refractivity (Wildman–Crippen MR) is 49.0 cm³/mol. The van der Waals surface area contributed by atoms with Crippen LogP contribution in [0.15, 0.2) is 10.6 Å². The van der Waals surface area contributed by atoms with Gasteiger partial charge >= 0.3 is 0 Å². The van der Waals surface area contributed by atoms with Crippen LogP contribution in [0.2, 0.25) is 0 Å². The summed E-state index contributed by atoms with van der Waals surface area (Å²) in [5, 5.41) is 3.96. The molecule has 1 rings (SSSR count). The average molecular weight is 167 g/mol. The molecule has 0 saturated heterocycles. The van der Waals surface area contributed by atoms with Crippen LogP contribution >= 0.6 is 0 Å². The van der Waals surface area contributed by atoms with Gasteiger partial charge in [-0.2, -0.15) is 0 Å². The van der Waals surface area contributed by atoms with Crippen molar-refractivity contribution >= 4 is 0 Å².